The molecule has 0 heterocycles. The molecule has 0 rings (SSSR count). The quantitative estimate of drug-likeness (QED) is 0.550. The predicted molar refractivity (Wildman–Crippen MR) is 73.4 cm³/mol. The molecule has 0 saturated heterocycles. The van der Waals surface area contributed by atoms with Gasteiger partial charge in [-0.1, -0.05) is 0 Å². The molecule has 0 aromatic carbocycles. The topological polar surface area (TPSA) is 69.7 Å². The highest BCUT2D eigenvalue weighted by Crippen LogP contribution is 1.92. The highest BCUT2D eigenvalue weighted by molar-refractivity contribution is 7.92. The first-order valence-electron chi connectivity index (χ1n) is 6.00. The highest BCUT2D eigenvalue weighted by atomic mass is 32.2. The zero-order valence-electron chi connectivity index (χ0n) is 11.8. The fourth-order valence-electron chi connectivity index (χ4n) is 1.26. The number of hydrogen-bond donors (Lipinski definition) is 1. The Balaban J connectivity index is 3.75. The van der Waals surface area contributed by atoms with Gasteiger partial charge in [0.05, 0.1) is 5.75 Å². The standard InChI is InChI=1S/C11H25N3O3S/c1-13(2)8-5-6-12-7-9-18(16,17)10-11(15)14(3)4/h12H,5-10H2,1-4H3. The zero-order valence-corrected chi connectivity index (χ0v) is 12.6. The molecule has 0 fully saturated rings. The highest BCUT2D eigenvalue weighted by Gasteiger charge is 2.17. The van der Waals surface area contributed by atoms with Crippen LogP contribution in [0.15, 0.2) is 0 Å². The third kappa shape index (κ3) is 9.38. The van der Waals surface area contributed by atoms with E-state index in [9.17, 15) is 13.2 Å². The second-order valence-corrected chi connectivity index (χ2v) is 6.97. The number of nitrogens with zero attached hydrogens (tertiary/aromatic N) is 2. The molecule has 0 aliphatic rings. The van der Waals surface area contributed by atoms with Crippen LogP contribution in [-0.2, 0) is 14.6 Å². The second-order valence-electron chi connectivity index (χ2n) is 4.79. The number of nitrogens with one attached hydrogen (secondary N) is 1. The Labute approximate surface area is 110 Å². The summed E-state index contributed by atoms with van der Waals surface area (Å²) in [6.45, 7) is 2.16. The van der Waals surface area contributed by atoms with E-state index in [0.717, 1.165) is 19.5 Å². The van der Waals surface area contributed by atoms with Gasteiger partial charge in [-0.25, -0.2) is 8.42 Å². The third-order valence-corrected chi connectivity index (χ3v) is 3.90. The van der Waals surface area contributed by atoms with E-state index in [1.54, 1.807) is 14.1 Å². The van der Waals surface area contributed by atoms with Crippen molar-refractivity contribution in [3.05, 3.63) is 0 Å². The van der Waals surface area contributed by atoms with Crippen molar-refractivity contribution < 1.29 is 13.2 Å². The van der Waals surface area contributed by atoms with Gasteiger partial charge in [-0.2, -0.15) is 0 Å². The average molecular weight is 279 g/mol. The smallest absolute Gasteiger partial charge is 0.237 e. The molecule has 108 valence electrons. The van der Waals surface area contributed by atoms with Gasteiger partial charge in [0.2, 0.25) is 5.91 Å². The lowest BCUT2D eigenvalue weighted by atomic mass is 10.4. The van der Waals surface area contributed by atoms with Crippen LogP contribution >= 0.6 is 0 Å². The van der Waals surface area contributed by atoms with Gasteiger partial charge in [0.1, 0.15) is 5.75 Å². The Kier molecular flexibility index (Phi) is 8.13. The summed E-state index contributed by atoms with van der Waals surface area (Å²) < 4.78 is 23.2. The molecule has 1 amide bonds. The minimum atomic E-state index is -3.29. The molecule has 0 spiro atoms. The maximum absolute atomic E-state index is 11.6. The van der Waals surface area contributed by atoms with Crippen LogP contribution in [-0.4, -0.2) is 83.5 Å². The molecule has 0 bridgehead atoms. The lowest BCUT2D eigenvalue weighted by Gasteiger charge is -2.11. The number of carbonyl (C=O) groups is 1. The van der Waals surface area contributed by atoms with Crippen LogP contribution in [0.1, 0.15) is 6.42 Å². The van der Waals surface area contributed by atoms with Crippen LogP contribution in [0.2, 0.25) is 0 Å². The first kappa shape index (κ1) is 17.3. The van der Waals surface area contributed by atoms with Crippen molar-refractivity contribution >= 4 is 15.7 Å². The Morgan fingerprint density at radius 2 is 1.72 bits per heavy atom. The zero-order chi connectivity index (χ0) is 14.2. The third-order valence-electron chi connectivity index (χ3n) is 2.39. The molecule has 0 saturated carbocycles. The average Bonchev–Trinajstić information content (AvgIpc) is 2.21. The number of sulfone groups is 1. The van der Waals surface area contributed by atoms with Crippen molar-refractivity contribution in [3.63, 3.8) is 0 Å². The minimum Gasteiger partial charge on any atom is -0.348 e. The summed E-state index contributed by atoms with van der Waals surface area (Å²) in [6, 6.07) is 0. The number of carbonyl (C=O) groups excluding carboxylic acids is 1. The van der Waals surface area contributed by atoms with Gasteiger partial charge in [-0.15, -0.1) is 0 Å². The van der Waals surface area contributed by atoms with E-state index in [-0.39, 0.29) is 11.7 Å². The molecule has 0 atom stereocenters. The fourth-order valence-corrected chi connectivity index (χ4v) is 2.50. The van der Waals surface area contributed by atoms with Gasteiger partial charge in [0.25, 0.3) is 0 Å². The summed E-state index contributed by atoms with van der Waals surface area (Å²) in [4.78, 5) is 14.7. The molecule has 7 heteroatoms. The minimum absolute atomic E-state index is 0.00848. The van der Waals surface area contributed by atoms with Crippen LogP contribution in [0.5, 0.6) is 0 Å². The lowest BCUT2D eigenvalue weighted by Crippen LogP contribution is -2.33. The van der Waals surface area contributed by atoms with Gasteiger partial charge in [0.15, 0.2) is 9.84 Å². The molecule has 6 nitrogen and oxygen atoms in total. The lowest BCUT2D eigenvalue weighted by molar-refractivity contribution is -0.125. The van der Waals surface area contributed by atoms with Crippen LogP contribution in [0.3, 0.4) is 0 Å². The first-order valence-corrected chi connectivity index (χ1v) is 7.83. The molecule has 1 N–H and O–H groups in total. The van der Waals surface area contributed by atoms with E-state index < -0.39 is 15.6 Å². The van der Waals surface area contributed by atoms with Gasteiger partial charge < -0.3 is 15.1 Å². The SMILES string of the molecule is CN(C)CCCNCCS(=O)(=O)CC(=O)N(C)C. The molecular weight excluding hydrogens is 254 g/mol. The number of amides is 1. The number of rotatable bonds is 9. The Morgan fingerprint density at radius 3 is 2.22 bits per heavy atom. The molecule has 0 aliphatic heterocycles. The summed E-state index contributed by atoms with van der Waals surface area (Å²) in [7, 11) is 3.81. The Hall–Kier alpha value is -0.660. The Morgan fingerprint density at radius 1 is 1.11 bits per heavy atom. The summed E-state index contributed by atoms with van der Waals surface area (Å²) in [5.41, 5.74) is 0. The predicted octanol–water partition coefficient (Wildman–Crippen LogP) is -0.969. The van der Waals surface area contributed by atoms with E-state index in [1.165, 1.54) is 4.90 Å². The van der Waals surface area contributed by atoms with E-state index in [0.29, 0.717) is 6.54 Å². The summed E-state index contributed by atoms with van der Waals surface area (Å²) >= 11 is 0. The molecule has 0 aromatic rings. The van der Waals surface area contributed by atoms with Crippen molar-refractivity contribution in [1.82, 2.24) is 15.1 Å². The maximum Gasteiger partial charge on any atom is 0.237 e. The van der Waals surface area contributed by atoms with Crippen LogP contribution < -0.4 is 5.32 Å². The van der Waals surface area contributed by atoms with Gasteiger partial charge in [0, 0.05) is 20.6 Å². The van der Waals surface area contributed by atoms with Crippen LogP contribution in [0, 0.1) is 0 Å². The molecule has 0 aliphatic carbocycles. The van der Waals surface area contributed by atoms with Crippen molar-refractivity contribution in [3.8, 4) is 0 Å². The largest absolute Gasteiger partial charge is 0.348 e. The normalized spacial score (nSPS) is 11.8. The van der Waals surface area contributed by atoms with Crippen LogP contribution in [0.25, 0.3) is 0 Å². The molecule has 18 heavy (non-hydrogen) atoms. The number of hydrogen-bond acceptors (Lipinski definition) is 5. The molecule has 0 radical (unpaired) electrons. The van der Waals surface area contributed by atoms with Crippen molar-refractivity contribution in [1.29, 1.82) is 0 Å². The van der Waals surface area contributed by atoms with E-state index in [2.05, 4.69) is 10.2 Å². The first-order chi connectivity index (χ1) is 8.24. The monoisotopic (exact) mass is 279 g/mol. The van der Waals surface area contributed by atoms with E-state index in [1.807, 2.05) is 14.1 Å². The van der Waals surface area contributed by atoms with E-state index in [4.69, 9.17) is 0 Å². The van der Waals surface area contributed by atoms with Crippen molar-refractivity contribution in [2.24, 2.45) is 0 Å². The molecule has 0 unspecified atom stereocenters. The van der Waals surface area contributed by atoms with Crippen LogP contribution in [0.4, 0.5) is 0 Å². The van der Waals surface area contributed by atoms with Gasteiger partial charge in [-0.05, 0) is 33.6 Å². The Bertz CT molecular complexity index is 339. The molecule has 0 aromatic heterocycles. The summed E-state index contributed by atoms with van der Waals surface area (Å²) in [5.74, 6) is -0.768. The van der Waals surface area contributed by atoms with Crippen molar-refractivity contribution in [2.75, 3.05) is 59.3 Å². The van der Waals surface area contributed by atoms with Gasteiger partial charge in [-0.3, -0.25) is 4.79 Å². The fraction of sp³-hybridized carbons (Fsp3) is 0.909. The van der Waals surface area contributed by atoms with E-state index >= 15 is 0 Å². The maximum atomic E-state index is 11.6. The molecular formula is C11H25N3O3S. The summed E-state index contributed by atoms with van der Waals surface area (Å²) in [5, 5.41) is 3.07. The van der Waals surface area contributed by atoms with Crippen molar-refractivity contribution in [2.45, 2.75) is 6.42 Å². The van der Waals surface area contributed by atoms with Gasteiger partial charge >= 0.3 is 0 Å². The second kappa shape index (κ2) is 8.44. The summed E-state index contributed by atoms with van der Waals surface area (Å²) in [6.07, 6.45) is 0.976.